The first-order valence-electron chi connectivity index (χ1n) is 12.2. The van der Waals surface area contributed by atoms with Crippen LogP contribution in [0, 0.1) is 11.8 Å². The molecule has 1 aromatic carbocycles. The number of piperidine rings is 2. The maximum Gasteiger partial charge on any atom is 0.230 e. The second-order valence-corrected chi connectivity index (χ2v) is 9.86. The van der Waals surface area contributed by atoms with E-state index in [1.807, 2.05) is 38.7 Å². The van der Waals surface area contributed by atoms with E-state index in [0.717, 1.165) is 51.1 Å². The van der Waals surface area contributed by atoms with Crippen molar-refractivity contribution in [3.8, 4) is 0 Å². The Morgan fingerprint density at radius 1 is 1.12 bits per heavy atom. The largest absolute Gasteiger partial charge is 0.343 e. The maximum absolute atomic E-state index is 13.5. The van der Waals surface area contributed by atoms with Crippen LogP contribution in [-0.2, 0) is 16.1 Å². The van der Waals surface area contributed by atoms with Gasteiger partial charge in [0.1, 0.15) is 6.33 Å². The number of amides is 2. The first-order valence-corrected chi connectivity index (χ1v) is 12.6. The molecule has 1 aromatic heterocycles. The molecule has 2 amide bonds. The lowest BCUT2D eigenvalue weighted by atomic mass is 9.94. The second kappa shape index (κ2) is 11.8. The maximum atomic E-state index is 13.5. The number of carbonyl (C=O) groups is 2. The molecule has 2 fully saturated rings. The fraction of sp³-hybridized carbons (Fsp3) is 0.625. The van der Waals surface area contributed by atoms with Crippen LogP contribution in [0.4, 0.5) is 5.69 Å². The Morgan fingerprint density at radius 2 is 1.88 bits per heavy atom. The number of anilines is 1. The average Bonchev–Trinajstić information content (AvgIpc) is 3.35. The van der Waals surface area contributed by atoms with Gasteiger partial charge >= 0.3 is 0 Å². The SMILES string of the molecule is CC(=O)N1CCC(C(=O)N(CCCN2CCC(Cn3cnnn3)CC2)c2cccc(Cl)c2)CC1. The highest BCUT2D eigenvalue weighted by atomic mass is 35.5. The van der Waals surface area contributed by atoms with Gasteiger partial charge in [0.05, 0.1) is 0 Å². The third-order valence-corrected chi connectivity index (χ3v) is 7.31. The van der Waals surface area contributed by atoms with Crippen LogP contribution in [0.2, 0.25) is 5.02 Å². The standard InChI is InChI=1S/C24H34ClN7O2/c1-19(33)30-14-8-21(9-15-30)24(34)32(23-5-2-4-22(25)16-23)11-3-10-29-12-6-20(7-13-29)17-31-18-26-27-28-31/h2,4-5,16,18,20-21H,3,6-15,17H2,1H3. The van der Waals surface area contributed by atoms with Gasteiger partial charge in [0.15, 0.2) is 0 Å². The van der Waals surface area contributed by atoms with Gasteiger partial charge < -0.3 is 14.7 Å². The molecule has 34 heavy (non-hydrogen) atoms. The molecule has 2 saturated heterocycles. The van der Waals surface area contributed by atoms with Gasteiger partial charge in [-0.3, -0.25) is 9.59 Å². The van der Waals surface area contributed by atoms with E-state index in [1.165, 1.54) is 0 Å². The lowest BCUT2D eigenvalue weighted by Gasteiger charge is -2.35. The number of hydrogen-bond donors (Lipinski definition) is 0. The van der Waals surface area contributed by atoms with Crippen LogP contribution < -0.4 is 4.90 Å². The number of halogens is 1. The highest BCUT2D eigenvalue weighted by molar-refractivity contribution is 6.30. The summed E-state index contributed by atoms with van der Waals surface area (Å²) < 4.78 is 1.82. The molecule has 2 aromatic rings. The van der Waals surface area contributed by atoms with Crippen LogP contribution in [0.25, 0.3) is 0 Å². The third-order valence-electron chi connectivity index (χ3n) is 7.08. The quantitative estimate of drug-likeness (QED) is 0.569. The third kappa shape index (κ3) is 6.54. The van der Waals surface area contributed by atoms with Crippen molar-refractivity contribution < 1.29 is 9.59 Å². The fourth-order valence-electron chi connectivity index (χ4n) is 5.05. The number of nitrogens with zero attached hydrogens (tertiary/aromatic N) is 7. The summed E-state index contributed by atoms with van der Waals surface area (Å²) in [7, 11) is 0. The molecule has 2 aliphatic rings. The first kappa shape index (κ1) is 24.6. The summed E-state index contributed by atoms with van der Waals surface area (Å²) in [5.41, 5.74) is 0.853. The summed E-state index contributed by atoms with van der Waals surface area (Å²) in [6.07, 6.45) is 6.27. The van der Waals surface area contributed by atoms with Crippen molar-refractivity contribution in [1.82, 2.24) is 30.0 Å². The van der Waals surface area contributed by atoms with Gasteiger partial charge in [0, 0.05) is 49.7 Å². The minimum Gasteiger partial charge on any atom is -0.343 e. The van der Waals surface area contributed by atoms with Gasteiger partial charge in [-0.25, -0.2) is 4.68 Å². The summed E-state index contributed by atoms with van der Waals surface area (Å²) in [5.74, 6) is 0.770. The van der Waals surface area contributed by atoms with Crippen molar-refractivity contribution in [3.05, 3.63) is 35.6 Å². The molecule has 0 atom stereocenters. The van der Waals surface area contributed by atoms with E-state index in [0.29, 0.717) is 43.4 Å². The van der Waals surface area contributed by atoms with Crippen molar-refractivity contribution in [3.63, 3.8) is 0 Å². The number of rotatable bonds is 8. The zero-order valence-electron chi connectivity index (χ0n) is 19.9. The van der Waals surface area contributed by atoms with Crippen molar-refractivity contribution in [1.29, 1.82) is 0 Å². The topological polar surface area (TPSA) is 87.5 Å². The van der Waals surface area contributed by atoms with E-state index >= 15 is 0 Å². The van der Waals surface area contributed by atoms with Gasteiger partial charge in [-0.05, 0) is 86.3 Å². The van der Waals surface area contributed by atoms with Crippen LogP contribution >= 0.6 is 11.6 Å². The van der Waals surface area contributed by atoms with Gasteiger partial charge in [-0.15, -0.1) is 5.10 Å². The molecule has 0 unspecified atom stereocenters. The lowest BCUT2D eigenvalue weighted by molar-refractivity contribution is -0.133. The Morgan fingerprint density at radius 3 is 2.53 bits per heavy atom. The van der Waals surface area contributed by atoms with E-state index in [4.69, 9.17) is 11.6 Å². The number of likely N-dealkylation sites (tertiary alicyclic amines) is 2. The van der Waals surface area contributed by atoms with Crippen LogP contribution in [0.1, 0.15) is 39.0 Å². The molecule has 3 heterocycles. The monoisotopic (exact) mass is 487 g/mol. The molecule has 2 aliphatic heterocycles. The van der Waals surface area contributed by atoms with Gasteiger partial charge in [0.25, 0.3) is 0 Å². The van der Waals surface area contributed by atoms with E-state index in [1.54, 1.807) is 13.3 Å². The van der Waals surface area contributed by atoms with Crippen LogP contribution in [-0.4, -0.2) is 81.1 Å². The Hall–Kier alpha value is -2.52. The smallest absolute Gasteiger partial charge is 0.230 e. The van der Waals surface area contributed by atoms with Crippen LogP contribution in [0.5, 0.6) is 0 Å². The summed E-state index contributed by atoms with van der Waals surface area (Å²) in [4.78, 5) is 31.4. The number of hydrogen-bond acceptors (Lipinski definition) is 6. The lowest BCUT2D eigenvalue weighted by Crippen LogP contribution is -2.45. The molecule has 10 heteroatoms. The molecule has 0 bridgehead atoms. The first-order chi connectivity index (χ1) is 16.5. The number of tetrazole rings is 1. The summed E-state index contributed by atoms with van der Waals surface area (Å²) in [6, 6.07) is 7.55. The number of aromatic nitrogens is 4. The Kier molecular flexibility index (Phi) is 8.50. The van der Waals surface area contributed by atoms with E-state index in [9.17, 15) is 9.59 Å². The van der Waals surface area contributed by atoms with Crippen molar-refractivity contribution in [2.24, 2.45) is 11.8 Å². The molecule has 4 rings (SSSR count). The van der Waals surface area contributed by atoms with Crippen molar-refractivity contribution in [2.45, 2.75) is 45.6 Å². The van der Waals surface area contributed by atoms with Gasteiger partial charge in [0.2, 0.25) is 11.8 Å². The zero-order chi connectivity index (χ0) is 23.9. The minimum atomic E-state index is -0.0587. The predicted octanol–water partition coefficient (Wildman–Crippen LogP) is 2.72. The molecular formula is C24H34ClN7O2. The highest BCUT2D eigenvalue weighted by Crippen LogP contribution is 2.26. The minimum absolute atomic E-state index is 0.0587. The van der Waals surface area contributed by atoms with Gasteiger partial charge in [-0.2, -0.15) is 0 Å². The van der Waals surface area contributed by atoms with E-state index < -0.39 is 0 Å². The molecule has 9 nitrogen and oxygen atoms in total. The Balaban J connectivity index is 1.30. The molecule has 0 radical (unpaired) electrons. The summed E-state index contributed by atoms with van der Waals surface area (Å²) in [6.45, 7) is 7.50. The molecule has 0 spiro atoms. The van der Waals surface area contributed by atoms with E-state index in [2.05, 4.69) is 20.4 Å². The summed E-state index contributed by atoms with van der Waals surface area (Å²) >= 11 is 6.25. The summed E-state index contributed by atoms with van der Waals surface area (Å²) in [5, 5.41) is 12.0. The molecular weight excluding hydrogens is 454 g/mol. The molecule has 184 valence electrons. The molecule has 0 N–H and O–H groups in total. The Bertz CT molecular complexity index is 939. The number of benzene rings is 1. The average molecular weight is 488 g/mol. The van der Waals surface area contributed by atoms with Gasteiger partial charge in [-0.1, -0.05) is 17.7 Å². The highest BCUT2D eigenvalue weighted by Gasteiger charge is 2.30. The second-order valence-electron chi connectivity index (χ2n) is 9.42. The van der Waals surface area contributed by atoms with Crippen molar-refractivity contribution in [2.75, 3.05) is 44.2 Å². The number of carbonyl (C=O) groups excluding carboxylic acids is 2. The van der Waals surface area contributed by atoms with Crippen LogP contribution in [0.15, 0.2) is 30.6 Å². The zero-order valence-corrected chi connectivity index (χ0v) is 20.6. The fourth-order valence-corrected chi connectivity index (χ4v) is 5.23. The normalized spacial score (nSPS) is 18.2. The molecule has 0 aliphatic carbocycles. The van der Waals surface area contributed by atoms with Crippen molar-refractivity contribution >= 4 is 29.1 Å². The Labute approximate surface area is 206 Å². The van der Waals surface area contributed by atoms with E-state index in [-0.39, 0.29) is 17.7 Å². The predicted molar refractivity (Wildman–Crippen MR) is 130 cm³/mol. The van der Waals surface area contributed by atoms with Crippen LogP contribution in [0.3, 0.4) is 0 Å². The molecule has 0 saturated carbocycles.